The molecule has 0 fully saturated rings. The van der Waals surface area contributed by atoms with Crippen LogP contribution in [0.5, 0.6) is 0 Å². The number of hydrogen-bond acceptors (Lipinski definition) is 3. The molecule has 1 aromatic rings. The summed E-state index contributed by atoms with van der Waals surface area (Å²) in [5.74, 6) is -0.330. The Morgan fingerprint density at radius 1 is 1.62 bits per heavy atom. The van der Waals surface area contributed by atoms with Gasteiger partial charge >= 0.3 is 5.97 Å². The second-order valence-electron chi connectivity index (χ2n) is 2.56. The standard InChI is InChI=1S/C9H12N2O2/c1-11-6-4-3-5-8(11)10-7-9(12)13-2/h3-6H,7H2,1-2H3. The second-order valence-corrected chi connectivity index (χ2v) is 2.56. The molecular weight excluding hydrogens is 168 g/mol. The Bertz CT molecular complexity index is 355. The summed E-state index contributed by atoms with van der Waals surface area (Å²) in [6.45, 7) is 0.0638. The Morgan fingerprint density at radius 2 is 2.38 bits per heavy atom. The van der Waals surface area contributed by atoms with Gasteiger partial charge in [-0.15, -0.1) is 0 Å². The fourth-order valence-corrected chi connectivity index (χ4v) is 0.889. The molecule has 4 nitrogen and oxygen atoms in total. The minimum absolute atomic E-state index is 0.0638. The number of carbonyl (C=O) groups excluding carboxylic acids is 1. The van der Waals surface area contributed by atoms with E-state index in [2.05, 4.69) is 9.73 Å². The molecule has 0 atom stereocenters. The Kier molecular flexibility index (Phi) is 3.25. The van der Waals surface area contributed by atoms with E-state index in [0.717, 1.165) is 5.49 Å². The smallest absolute Gasteiger partial charge is 0.327 e. The Labute approximate surface area is 76.5 Å². The maximum absolute atomic E-state index is 10.8. The van der Waals surface area contributed by atoms with Crippen LogP contribution in [-0.2, 0) is 16.6 Å². The first kappa shape index (κ1) is 9.51. The lowest BCUT2D eigenvalue weighted by molar-refractivity contribution is -0.138. The number of aryl methyl sites for hydroxylation is 1. The van der Waals surface area contributed by atoms with E-state index < -0.39 is 0 Å². The van der Waals surface area contributed by atoms with Crippen molar-refractivity contribution in [1.29, 1.82) is 0 Å². The van der Waals surface area contributed by atoms with E-state index in [1.165, 1.54) is 7.11 Å². The molecule has 1 rings (SSSR count). The van der Waals surface area contributed by atoms with Gasteiger partial charge in [-0.3, -0.25) is 9.79 Å². The van der Waals surface area contributed by atoms with Gasteiger partial charge in [0.05, 0.1) is 7.11 Å². The monoisotopic (exact) mass is 180 g/mol. The molecule has 0 spiro atoms. The number of rotatable bonds is 2. The highest BCUT2D eigenvalue weighted by Gasteiger charge is 1.95. The lowest BCUT2D eigenvalue weighted by Crippen LogP contribution is -2.18. The highest BCUT2D eigenvalue weighted by Crippen LogP contribution is 1.78. The zero-order chi connectivity index (χ0) is 9.68. The van der Waals surface area contributed by atoms with Crippen LogP contribution in [0.4, 0.5) is 0 Å². The number of aromatic nitrogens is 1. The van der Waals surface area contributed by atoms with Crippen LogP contribution in [0.25, 0.3) is 0 Å². The van der Waals surface area contributed by atoms with Gasteiger partial charge in [-0.1, -0.05) is 6.07 Å². The van der Waals surface area contributed by atoms with Crippen LogP contribution in [0.1, 0.15) is 0 Å². The summed E-state index contributed by atoms with van der Waals surface area (Å²) in [5, 5.41) is 0. The molecular formula is C9H12N2O2. The first-order valence-electron chi connectivity index (χ1n) is 3.93. The van der Waals surface area contributed by atoms with E-state index in [9.17, 15) is 4.79 Å². The van der Waals surface area contributed by atoms with Gasteiger partial charge in [-0.2, -0.15) is 0 Å². The third kappa shape index (κ3) is 2.74. The molecule has 4 heteroatoms. The van der Waals surface area contributed by atoms with Gasteiger partial charge in [-0.05, 0) is 12.1 Å². The molecule has 0 aliphatic carbocycles. The predicted octanol–water partition coefficient (Wildman–Crippen LogP) is 0.0988. The van der Waals surface area contributed by atoms with Crippen LogP contribution in [-0.4, -0.2) is 24.2 Å². The molecule has 0 radical (unpaired) electrons. The third-order valence-corrected chi connectivity index (χ3v) is 1.63. The molecule has 0 aromatic carbocycles. The van der Waals surface area contributed by atoms with E-state index in [1.54, 1.807) is 0 Å². The fraction of sp³-hybridized carbons (Fsp3) is 0.333. The lowest BCUT2D eigenvalue weighted by atomic mass is 10.5. The minimum atomic E-state index is -0.330. The van der Waals surface area contributed by atoms with Crippen LogP contribution in [0.2, 0.25) is 0 Å². The minimum Gasteiger partial charge on any atom is -0.468 e. The first-order valence-corrected chi connectivity index (χ1v) is 3.93. The molecule has 0 aliphatic rings. The van der Waals surface area contributed by atoms with Gasteiger partial charge in [0.15, 0.2) is 0 Å². The molecule has 0 saturated carbocycles. The maximum atomic E-state index is 10.8. The largest absolute Gasteiger partial charge is 0.468 e. The molecule has 0 unspecified atom stereocenters. The normalized spacial score (nSPS) is 11.4. The molecule has 70 valence electrons. The van der Waals surface area contributed by atoms with E-state index in [4.69, 9.17) is 0 Å². The van der Waals surface area contributed by atoms with Crippen LogP contribution < -0.4 is 5.49 Å². The molecule has 13 heavy (non-hydrogen) atoms. The molecule has 0 bridgehead atoms. The molecule has 0 N–H and O–H groups in total. The van der Waals surface area contributed by atoms with Crippen molar-refractivity contribution in [2.24, 2.45) is 12.0 Å². The van der Waals surface area contributed by atoms with Crippen LogP contribution in [0.15, 0.2) is 29.4 Å². The van der Waals surface area contributed by atoms with Crippen molar-refractivity contribution in [3.8, 4) is 0 Å². The van der Waals surface area contributed by atoms with Crippen molar-refractivity contribution >= 4 is 5.97 Å². The van der Waals surface area contributed by atoms with E-state index >= 15 is 0 Å². The number of nitrogens with zero attached hydrogens (tertiary/aromatic N) is 2. The van der Waals surface area contributed by atoms with Crippen molar-refractivity contribution in [1.82, 2.24) is 4.57 Å². The maximum Gasteiger partial charge on any atom is 0.327 e. The van der Waals surface area contributed by atoms with Crippen molar-refractivity contribution in [3.05, 3.63) is 29.9 Å². The summed E-state index contributed by atoms with van der Waals surface area (Å²) in [6, 6.07) is 5.61. The molecule has 0 amide bonds. The van der Waals surface area contributed by atoms with Gasteiger partial charge in [0, 0.05) is 13.2 Å². The third-order valence-electron chi connectivity index (χ3n) is 1.63. The quantitative estimate of drug-likeness (QED) is 0.606. The number of hydrogen-bond donors (Lipinski definition) is 0. The SMILES string of the molecule is COC(=O)CN=c1ccccn1C. The topological polar surface area (TPSA) is 43.6 Å². The van der Waals surface area contributed by atoms with Gasteiger partial charge < -0.3 is 9.30 Å². The van der Waals surface area contributed by atoms with E-state index in [0.29, 0.717) is 0 Å². The van der Waals surface area contributed by atoms with E-state index in [1.807, 2.05) is 36.0 Å². The molecule has 0 aliphatic heterocycles. The number of carbonyl (C=O) groups is 1. The number of esters is 1. The fourth-order valence-electron chi connectivity index (χ4n) is 0.889. The van der Waals surface area contributed by atoms with Gasteiger partial charge in [0.1, 0.15) is 12.0 Å². The number of methoxy groups -OCH3 is 1. The van der Waals surface area contributed by atoms with E-state index in [-0.39, 0.29) is 12.5 Å². The number of pyridine rings is 1. The van der Waals surface area contributed by atoms with Gasteiger partial charge in [0.2, 0.25) is 0 Å². The summed E-state index contributed by atoms with van der Waals surface area (Å²) >= 11 is 0. The average molecular weight is 180 g/mol. The predicted molar refractivity (Wildman–Crippen MR) is 47.9 cm³/mol. The summed E-state index contributed by atoms with van der Waals surface area (Å²) in [5.41, 5.74) is 0.757. The van der Waals surface area contributed by atoms with Gasteiger partial charge in [0.25, 0.3) is 0 Å². The average Bonchev–Trinajstić information content (AvgIpc) is 2.16. The van der Waals surface area contributed by atoms with Crippen molar-refractivity contribution in [3.63, 3.8) is 0 Å². The van der Waals surface area contributed by atoms with Crippen LogP contribution in [0, 0.1) is 0 Å². The van der Waals surface area contributed by atoms with Gasteiger partial charge in [-0.25, -0.2) is 0 Å². The lowest BCUT2D eigenvalue weighted by Gasteiger charge is -1.97. The number of ether oxygens (including phenoxy) is 1. The first-order chi connectivity index (χ1) is 6.24. The summed E-state index contributed by atoms with van der Waals surface area (Å²) < 4.78 is 6.31. The summed E-state index contributed by atoms with van der Waals surface area (Å²) in [6.07, 6.45) is 1.87. The van der Waals surface area contributed by atoms with Crippen molar-refractivity contribution < 1.29 is 9.53 Å². The highest BCUT2D eigenvalue weighted by atomic mass is 16.5. The molecule has 0 saturated heterocycles. The second kappa shape index (κ2) is 4.45. The summed E-state index contributed by atoms with van der Waals surface area (Å²) in [4.78, 5) is 14.8. The summed E-state index contributed by atoms with van der Waals surface area (Å²) in [7, 11) is 3.22. The van der Waals surface area contributed by atoms with Crippen molar-refractivity contribution in [2.75, 3.05) is 13.7 Å². The Balaban J connectivity index is 2.82. The van der Waals surface area contributed by atoms with Crippen LogP contribution >= 0.6 is 0 Å². The zero-order valence-electron chi connectivity index (χ0n) is 7.73. The van der Waals surface area contributed by atoms with Crippen LogP contribution in [0.3, 0.4) is 0 Å². The Hall–Kier alpha value is -1.58. The molecule has 1 heterocycles. The zero-order valence-corrected chi connectivity index (χ0v) is 7.73. The highest BCUT2D eigenvalue weighted by molar-refractivity contribution is 5.71. The van der Waals surface area contributed by atoms with Crippen molar-refractivity contribution in [2.45, 2.75) is 0 Å². The molecule has 1 aromatic heterocycles. The Morgan fingerprint density at radius 3 is 3.00 bits per heavy atom.